The summed E-state index contributed by atoms with van der Waals surface area (Å²) < 4.78 is 1.64. The minimum Gasteiger partial charge on any atom is -0.481 e. The zero-order valence-electron chi connectivity index (χ0n) is 11.3. The number of carbonyl (C=O) groups is 3. The maximum atomic E-state index is 11.6. The van der Waals surface area contributed by atoms with Crippen LogP contribution in [0.5, 0.6) is 0 Å². The van der Waals surface area contributed by atoms with Gasteiger partial charge in [-0.1, -0.05) is 0 Å². The monoisotopic (exact) mass is 283 g/mol. The quantitative estimate of drug-likeness (QED) is 0.644. The average Bonchev–Trinajstić information content (AvgIpc) is 2.63. The number of hydrogen-bond acceptors (Lipinski definition) is 4. The maximum Gasteiger partial charge on any atom is 0.326 e. The zero-order valence-corrected chi connectivity index (χ0v) is 11.3. The van der Waals surface area contributed by atoms with Crippen LogP contribution in [0.4, 0.5) is 0 Å². The van der Waals surface area contributed by atoms with Crippen molar-refractivity contribution in [2.24, 2.45) is 0 Å². The molecule has 1 amide bonds. The first-order valence-electron chi connectivity index (χ1n) is 6.04. The third kappa shape index (κ3) is 4.71. The molecule has 8 nitrogen and oxygen atoms in total. The zero-order chi connectivity index (χ0) is 15.3. The van der Waals surface area contributed by atoms with Gasteiger partial charge in [-0.15, -0.1) is 0 Å². The van der Waals surface area contributed by atoms with E-state index < -0.39 is 30.3 Å². The van der Waals surface area contributed by atoms with Gasteiger partial charge >= 0.3 is 11.9 Å². The Labute approximate surface area is 115 Å². The van der Waals surface area contributed by atoms with Crippen LogP contribution < -0.4 is 5.32 Å². The van der Waals surface area contributed by atoms with Gasteiger partial charge < -0.3 is 15.5 Å². The Morgan fingerprint density at radius 1 is 1.35 bits per heavy atom. The maximum absolute atomic E-state index is 11.6. The van der Waals surface area contributed by atoms with Crippen LogP contribution in [0, 0.1) is 13.8 Å². The van der Waals surface area contributed by atoms with Gasteiger partial charge in [0.1, 0.15) is 6.04 Å². The van der Waals surface area contributed by atoms with E-state index >= 15 is 0 Å². The Morgan fingerprint density at radius 3 is 2.45 bits per heavy atom. The third-order valence-corrected chi connectivity index (χ3v) is 2.67. The van der Waals surface area contributed by atoms with Crippen LogP contribution in [0.25, 0.3) is 0 Å². The largest absolute Gasteiger partial charge is 0.481 e. The number of amides is 1. The molecule has 1 atom stereocenters. The molecule has 0 aromatic carbocycles. The molecule has 8 heteroatoms. The number of aliphatic carboxylic acids is 2. The molecule has 0 spiro atoms. The fourth-order valence-corrected chi connectivity index (χ4v) is 1.75. The molecule has 0 aliphatic heterocycles. The van der Waals surface area contributed by atoms with Crippen LogP contribution in [-0.4, -0.2) is 43.9 Å². The molecule has 0 unspecified atom stereocenters. The van der Waals surface area contributed by atoms with Gasteiger partial charge in [0.15, 0.2) is 0 Å². The number of aromatic nitrogens is 2. The molecule has 3 N–H and O–H groups in total. The van der Waals surface area contributed by atoms with E-state index in [2.05, 4.69) is 10.4 Å². The summed E-state index contributed by atoms with van der Waals surface area (Å²) in [5.41, 5.74) is 1.73. The second-order valence-electron chi connectivity index (χ2n) is 4.46. The lowest BCUT2D eigenvalue weighted by Crippen LogP contribution is -2.42. The van der Waals surface area contributed by atoms with Crippen molar-refractivity contribution >= 4 is 17.8 Å². The third-order valence-electron chi connectivity index (χ3n) is 2.67. The van der Waals surface area contributed by atoms with E-state index in [-0.39, 0.29) is 6.42 Å². The van der Waals surface area contributed by atoms with Crippen molar-refractivity contribution in [2.75, 3.05) is 0 Å². The second-order valence-corrected chi connectivity index (χ2v) is 4.46. The van der Waals surface area contributed by atoms with Gasteiger partial charge in [0.05, 0.1) is 12.1 Å². The van der Waals surface area contributed by atoms with Crippen LogP contribution in [-0.2, 0) is 20.9 Å². The summed E-state index contributed by atoms with van der Waals surface area (Å²) in [5, 5.41) is 23.7. The smallest absolute Gasteiger partial charge is 0.326 e. The van der Waals surface area contributed by atoms with Gasteiger partial charge in [-0.25, -0.2) is 4.79 Å². The summed E-state index contributed by atoms with van der Waals surface area (Å²) in [7, 11) is 0. The van der Waals surface area contributed by atoms with Crippen LogP contribution in [0.2, 0.25) is 0 Å². The van der Waals surface area contributed by atoms with Crippen molar-refractivity contribution in [2.45, 2.75) is 39.3 Å². The highest BCUT2D eigenvalue weighted by atomic mass is 16.4. The molecule has 0 saturated carbocycles. The molecule has 0 bridgehead atoms. The Hall–Kier alpha value is -2.38. The first-order chi connectivity index (χ1) is 9.29. The molecule has 0 radical (unpaired) electrons. The normalized spacial score (nSPS) is 11.9. The van der Waals surface area contributed by atoms with E-state index in [9.17, 15) is 14.4 Å². The molecule has 1 aromatic heterocycles. The van der Waals surface area contributed by atoms with Crippen LogP contribution in [0.15, 0.2) is 6.07 Å². The standard InChI is InChI=1S/C12H17N3O5/c1-7-5-8(2)15(14-7)4-3-10(16)13-9(12(19)20)6-11(17)18/h5,9H,3-4,6H2,1-2H3,(H,13,16)(H,17,18)(H,19,20)/t9-/m0/s1. The average molecular weight is 283 g/mol. The number of carboxylic acids is 2. The number of carboxylic acid groups (broad SMARTS) is 2. The predicted octanol–water partition coefficient (Wildman–Crippen LogP) is -0.0659. The lowest BCUT2D eigenvalue weighted by atomic mass is 10.2. The number of hydrogen-bond donors (Lipinski definition) is 3. The van der Waals surface area contributed by atoms with Gasteiger partial charge in [-0.05, 0) is 19.9 Å². The summed E-state index contributed by atoms with van der Waals surface area (Å²) in [6, 6.07) is 0.447. The van der Waals surface area contributed by atoms with Crippen LogP contribution in [0.1, 0.15) is 24.2 Å². The Kier molecular flexibility index (Phi) is 5.24. The first kappa shape index (κ1) is 15.7. The molecule has 1 heterocycles. The number of carbonyl (C=O) groups excluding carboxylic acids is 1. The molecule has 0 aliphatic carbocycles. The molecule has 1 aromatic rings. The van der Waals surface area contributed by atoms with E-state index in [0.717, 1.165) is 11.4 Å². The molecule has 110 valence electrons. The van der Waals surface area contributed by atoms with Gasteiger partial charge in [0, 0.05) is 18.7 Å². The summed E-state index contributed by atoms with van der Waals surface area (Å²) >= 11 is 0. The van der Waals surface area contributed by atoms with Gasteiger partial charge in [-0.3, -0.25) is 14.3 Å². The van der Waals surface area contributed by atoms with E-state index in [1.807, 2.05) is 19.9 Å². The number of nitrogens with zero attached hydrogens (tertiary/aromatic N) is 2. The van der Waals surface area contributed by atoms with Gasteiger partial charge in [-0.2, -0.15) is 5.10 Å². The van der Waals surface area contributed by atoms with E-state index in [0.29, 0.717) is 6.54 Å². The molecular formula is C12H17N3O5. The first-order valence-corrected chi connectivity index (χ1v) is 6.04. The van der Waals surface area contributed by atoms with Crippen LogP contribution >= 0.6 is 0 Å². The van der Waals surface area contributed by atoms with E-state index in [4.69, 9.17) is 10.2 Å². The highest BCUT2D eigenvalue weighted by Crippen LogP contribution is 2.03. The van der Waals surface area contributed by atoms with Crippen molar-refractivity contribution < 1.29 is 24.6 Å². The molecule has 0 aliphatic rings. The van der Waals surface area contributed by atoms with Crippen molar-refractivity contribution in [3.05, 3.63) is 17.5 Å². The SMILES string of the molecule is Cc1cc(C)n(CCC(=O)N[C@@H](CC(=O)O)C(=O)O)n1. The molecular weight excluding hydrogens is 266 g/mol. The lowest BCUT2D eigenvalue weighted by Gasteiger charge is -2.12. The van der Waals surface area contributed by atoms with Crippen molar-refractivity contribution in [1.82, 2.24) is 15.1 Å². The Bertz CT molecular complexity index is 523. The minimum absolute atomic E-state index is 0.0331. The number of aryl methyl sites for hydroxylation is 3. The minimum atomic E-state index is -1.42. The van der Waals surface area contributed by atoms with Crippen molar-refractivity contribution in [1.29, 1.82) is 0 Å². The number of nitrogens with one attached hydrogen (secondary N) is 1. The molecule has 0 fully saturated rings. The highest BCUT2D eigenvalue weighted by Gasteiger charge is 2.22. The fraction of sp³-hybridized carbons (Fsp3) is 0.500. The predicted molar refractivity (Wildman–Crippen MR) is 68.1 cm³/mol. The summed E-state index contributed by atoms with van der Waals surface area (Å²) in [6.07, 6.45) is -0.619. The van der Waals surface area contributed by atoms with Gasteiger partial charge in [0.25, 0.3) is 0 Å². The van der Waals surface area contributed by atoms with Gasteiger partial charge in [0.2, 0.25) is 5.91 Å². The summed E-state index contributed by atoms with van der Waals surface area (Å²) in [6.45, 7) is 3.99. The number of rotatable bonds is 7. The summed E-state index contributed by atoms with van der Waals surface area (Å²) in [4.78, 5) is 32.9. The Balaban J connectivity index is 2.52. The molecule has 20 heavy (non-hydrogen) atoms. The van der Waals surface area contributed by atoms with E-state index in [1.54, 1.807) is 4.68 Å². The van der Waals surface area contributed by atoms with Crippen LogP contribution in [0.3, 0.4) is 0 Å². The van der Waals surface area contributed by atoms with E-state index in [1.165, 1.54) is 0 Å². The molecule has 1 rings (SSSR count). The fourth-order valence-electron chi connectivity index (χ4n) is 1.75. The Morgan fingerprint density at radius 2 is 2.00 bits per heavy atom. The molecule has 0 saturated heterocycles. The van der Waals surface area contributed by atoms with Crippen molar-refractivity contribution in [3.63, 3.8) is 0 Å². The van der Waals surface area contributed by atoms with Crippen molar-refractivity contribution in [3.8, 4) is 0 Å². The summed E-state index contributed by atoms with van der Waals surface area (Å²) in [5.74, 6) is -3.17. The lowest BCUT2D eigenvalue weighted by molar-refractivity contribution is -0.147. The second kappa shape index (κ2) is 6.69. The highest BCUT2D eigenvalue weighted by molar-refractivity contribution is 5.86. The topological polar surface area (TPSA) is 122 Å².